The Balaban J connectivity index is 1.71. The SMILES string of the molecule is Cc1oc(CNC(=O)c2ccc(=O)[nH]n2)nc1-c1ccccc1. The van der Waals surface area contributed by atoms with Gasteiger partial charge < -0.3 is 9.73 Å². The molecule has 23 heavy (non-hydrogen) atoms. The van der Waals surface area contributed by atoms with Crippen LogP contribution in [0.4, 0.5) is 0 Å². The van der Waals surface area contributed by atoms with Crippen LogP contribution < -0.4 is 10.9 Å². The van der Waals surface area contributed by atoms with Crippen LogP contribution in [0.25, 0.3) is 11.3 Å². The Morgan fingerprint density at radius 3 is 2.70 bits per heavy atom. The normalized spacial score (nSPS) is 10.5. The standard InChI is InChI=1S/C16H14N4O3/c1-10-15(11-5-3-2-4-6-11)18-14(23-10)9-17-16(22)12-7-8-13(21)20-19-12/h2-8H,9H2,1H3,(H,17,22)(H,20,21). The summed E-state index contributed by atoms with van der Waals surface area (Å²) >= 11 is 0. The number of oxazole rings is 1. The summed E-state index contributed by atoms with van der Waals surface area (Å²) in [5, 5.41) is 8.52. The minimum absolute atomic E-state index is 0.121. The van der Waals surface area contributed by atoms with E-state index in [4.69, 9.17) is 4.42 Å². The average Bonchev–Trinajstić information content (AvgIpc) is 2.95. The molecule has 0 saturated heterocycles. The van der Waals surface area contributed by atoms with Crippen LogP contribution in [-0.4, -0.2) is 21.1 Å². The van der Waals surface area contributed by atoms with Crippen LogP contribution in [-0.2, 0) is 6.54 Å². The second kappa shape index (κ2) is 6.27. The van der Waals surface area contributed by atoms with Crippen molar-refractivity contribution in [2.75, 3.05) is 0 Å². The van der Waals surface area contributed by atoms with Crippen LogP contribution >= 0.6 is 0 Å². The van der Waals surface area contributed by atoms with E-state index in [0.717, 1.165) is 11.3 Å². The van der Waals surface area contributed by atoms with Crippen molar-refractivity contribution in [1.82, 2.24) is 20.5 Å². The van der Waals surface area contributed by atoms with Crippen molar-refractivity contribution in [2.45, 2.75) is 13.5 Å². The lowest BCUT2D eigenvalue weighted by Gasteiger charge is -2.00. The molecule has 2 aromatic heterocycles. The van der Waals surface area contributed by atoms with Crippen LogP contribution in [0, 0.1) is 6.92 Å². The number of aromatic amines is 1. The highest BCUT2D eigenvalue weighted by Gasteiger charge is 2.13. The summed E-state index contributed by atoms with van der Waals surface area (Å²) in [6.45, 7) is 1.96. The van der Waals surface area contributed by atoms with Crippen molar-refractivity contribution < 1.29 is 9.21 Å². The van der Waals surface area contributed by atoms with Crippen molar-refractivity contribution >= 4 is 5.91 Å². The number of aromatic nitrogens is 3. The van der Waals surface area contributed by atoms with Crippen LogP contribution in [0.15, 0.2) is 51.7 Å². The Labute approximate surface area is 131 Å². The summed E-state index contributed by atoms with van der Waals surface area (Å²) in [6.07, 6.45) is 0. The van der Waals surface area contributed by atoms with Gasteiger partial charge in [0, 0.05) is 11.6 Å². The largest absolute Gasteiger partial charge is 0.443 e. The van der Waals surface area contributed by atoms with Gasteiger partial charge in [-0.2, -0.15) is 5.10 Å². The topological polar surface area (TPSA) is 101 Å². The summed E-state index contributed by atoms with van der Waals surface area (Å²) in [5.74, 6) is 0.667. The van der Waals surface area contributed by atoms with Crippen molar-refractivity contribution in [3.63, 3.8) is 0 Å². The van der Waals surface area contributed by atoms with Crippen LogP contribution in [0.5, 0.6) is 0 Å². The molecule has 0 radical (unpaired) electrons. The van der Waals surface area contributed by atoms with Crippen molar-refractivity contribution in [3.8, 4) is 11.3 Å². The first-order chi connectivity index (χ1) is 11.1. The third-order valence-electron chi connectivity index (χ3n) is 3.20. The molecule has 3 aromatic rings. The predicted octanol–water partition coefficient (Wildman–Crippen LogP) is 1.66. The molecule has 2 heterocycles. The Kier molecular flexibility index (Phi) is 4.01. The number of hydrogen-bond acceptors (Lipinski definition) is 5. The maximum Gasteiger partial charge on any atom is 0.272 e. The predicted molar refractivity (Wildman–Crippen MR) is 82.7 cm³/mol. The Morgan fingerprint density at radius 2 is 2.00 bits per heavy atom. The maximum absolute atomic E-state index is 11.9. The fraction of sp³-hybridized carbons (Fsp3) is 0.125. The third kappa shape index (κ3) is 3.34. The first kappa shape index (κ1) is 14.7. The van der Waals surface area contributed by atoms with Gasteiger partial charge in [0.1, 0.15) is 17.1 Å². The van der Waals surface area contributed by atoms with Gasteiger partial charge in [-0.15, -0.1) is 0 Å². The van der Waals surface area contributed by atoms with Gasteiger partial charge in [-0.1, -0.05) is 30.3 Å². The summed E-state index contributed by atoms with van der Waals surface area (Å²) < 4.78 is 5.57. The fourth-order valence-electron chi connectivity index (χ4n) is 2.11. The smallest absolute Gasteiger partial charge is 0.272 e. The number of amides is 1. The minimum atomic E-state index is -0.418. The molecule has 7 nitrogen and oxygen atoms in total. The van der Waals surface area contributed by atoms with E-state index >= 15 is 0 Å². The molecule has 1 amide bonds. The summed E-state index contributed by atoms with van der Waals surface area (Å²) in [5.41, 5.74) is 1.46. The molecule has 0 aliphatic carbocycles. The highest BCUT2D eigenvalue weighted by atomic mass is 16.4. The van der Waals surface area contributed by atoms with Crippen molar-refractivity contribution in [2.24, 2.45) is 0 Å². The van der Waals surface area contributed by atoms with Crippen LogP contribution in [0.2, 0.25) is 0 Å². The van der Waals surface area contributed by atoms with Crippen molar-refractivity contribution in [1.29, 1.82) is 0 Å². The van der Waals surface area contributed by atoms with Crippen LogP contribution in [0.1, 0.15) is 22.1 Å². The molecule has 3 rings (SSSR count). The summed E-state index contributed by atoms with van der Waals surface area (Å²) in [7, 11) is 0. The Morgan fingerprint density at radius 1 is 1.22 bits per heavy atom. The summed E-state index contributed by atoms with van der Waals surface area (Å²) in [6, 6.07) is 12.3. The molecule has 0 fully saturated rings. The fourth-order valence-corrected chi connectivity index (χ4v) is 2.11. The van der Waals surface area contributed by atoms with Gasteiger partial charge in [0.2, 0.25) is 5.89 Å². The van der Waals surface area contributed by atoms with E-state index in [1.165, 1.54) is 12.1 Å². The number of nitrogens with one attached hydrogen (secondary N) is 2. The minimum Gasteiger partial charge on any atom is -0.443 e. The van der Waals surface area contributed by atoms with Gasteiger partial charge in [-0.25, -0.2) is 10.1 Å². The van der Waals surface area contributed by atoms with E-state index in [9.17, 15) is 9.59 Å². The van der Waals surface area contributed by atoms with Gasteiger partial charge in [-0.3, -0.25) is 9.59 Å². The van der Waals surface area contributed by atoms with E-state index in [2.05, 4.69) is 20.5 Å². The number of H-pyrrole nitrogens is 1. The highest BCUT2D eigenvalue weighted by Crippen LogP contribution is 2.22. The second-order valence-electron chi connectivity index (χ2n) is 4.87. The quantitative estimate of drug-likeness (QED) is 0.763. The van der Waals surface area contributed by atoms with E-state index in [1.807, 2.05) is 37.3 Å². The van der Waals surface area contributed by atoms with E-state index in [0.29, 0.717) is 11.7 Å². The molecule has 2 N–H and O–H groups in total. The molecule has 116 valence electrons. The molecule has 0 aliphatic rings. The zero-order valence-electron chi connectivity index (χ0n) is 12.4. The lowest BCUT2D eigenvalue weighted by Crippen LogP contribution is -2.25. The number of rotatable bonds is 4. The van der Waals surface area contributed by atoms with Gasteiger partial charge in [0.25, 0.3) is 11.5 Å². The Hall–Kier alpha value is -3.22. The number of aryl methyl sites for hydroxylation is 1. The molecule has 0 aliphatic heterocycles. The first-order valence-electron chi connectivity index (χ1n) is 6.99. The number of nitrogens with zero attached hydrogens (tertiary/aromatic N) is 2. The second-order valence-corrected chi connectivity index (χ2v) is 4.87. The van der Waals surface area contributed by atoms with Crippen molar-refractivity contribution in [3.05, 3.63) is 70.2 Å². The molecule has 0 unspecified atom stereocenters. The molecule has 7 heteroatoms. The number of carbonyl (C=O) groups is 1. The maximum atomic E-state index is 11.9. The van der Waals surface area contributed by atoms with E-state index < -0.39 is 5.91 Å². The molecular formula is C16H14N4O3. The van der Waals surface area contributed by atoms with E-state index in [-0.39, 0.29) is 17.8 Å². The molecule has 1 aromatic carbocycles. The number of hydrogen-bond donors (Lipinski definition) is 2. The van der Waals surface area contributed by atoms with Gasteiger partial charge in [0.05, 0.1) is 6.54 Å². The van der Waals surface area contributed by atoms with E-state index in [1.54, 1.807) is 0 Å². The lowest BCUT2D eigenvalue weighted by atomic mass is 10.1. The molecule has 0 bridgehead atoms. The van der Waals surface area contributed by atoms with Crippen LogP contribution in [0.3, 0.4) is 0 Å². The zero-order valence-corrected chi connectivity index (χ0v) is 12.4. The average molecular weight is 310 g/mol. The third-order valence-corrected chi connectivity index (χ3v) is 3.20. The highest BCUT2D eigenvalue weighted by molar-refractivity contribution is 5.91. The molecule has 0 spiro atoms. The molecule has 0 saturated carbocycles. The van der Waals surface area contributed by atoms with Gasteiger partial charge in [-0.05, 0) is 13.0 Å². The monoisotopic (exact) mass is 310 g/mol. The number of carbonyl (C=O) groups excluding carboxylic acids is 1. The van der Waals surface area contributed by atoms with Gasteiger partial charge >= 0.3 is 0 Å². The lowest BCUT2D eigenvalue weighted by molar-refractivity contribution is 0.0941. The number of benzene rings is 1. The summed E-state index contributed by atoms with van der Waals surface area (Å²) in [4.78, 5) is 27.2. The molecule has 0 atom stereocenters. The first-order valence-corrected chi connectivity index (χ1v) is 6.99. The van der Waals surface area contributed by atoms with Gasteiger partial charge in [0.15, 0.2) is 0 Å². The Bertz CT molecular complexity index is 863. The zero-order chi connectivity index (χ0) is 16.2. The molecular weight excluding hydrogens is 296 g/mol.